The van der Waals surface area contributed by atoms with Crippen molar-refractivity contribution >= 4 is 18.3 Å². The molecule has 0 unspecified atom stereocenters. The smallest absolute Gasteiger partial charge is 0.256 e. The van der Waals surface area contributed by atoms with Crippen LogP contribution >= 0.6 is 12.4 Å². The predicted octanol–water partition coefficient (Wildman–Crippen LogP) is 3.06. The molecule has 122 valence electrons. The molecule has 1 aliphatic rings. The molecule has 1 heterocycles. The van der Waals surface area contributed by atoms with Gasteiger partial charge in [-0.2, -0.15) is 0 Å². The summed E-state index contributed by atoms with van der Waals surface area (Å²) in [6.07, 6.45) is 0. The Labute approximate surface area is 141 Å². The number of carbonyl (C=O) groups excluding carboxylic acids is 1. The van der Waals surface area contributed by atoms with E-state index in [-0.39, 0.29) is 35.7 Å². The molecule has 0 aliphatic carbocycles. The van der Waals surface area contributed by atoms with E-state index < -0.39 is 5.82 Å². The lowest BCUT2D eigenvalue weighted by Gasteiger charge is -2.17. The highest BCUT2D eigenvalue weighted by Gasteiger charge is 2.36. The van der Waals surface area contributed by atoms with Crippen molar-refractivity contribution in [2.24, 2.45) is 11.7 Å². The molecule has 0 radical (unpaired) electrons. The van der Waals surface area contributed by atoms with Crippen LogP contribution in [0.5, 0.6) is 0 Å². The van der Waals surface area contributed by atoms with Crippen LogP contribution in [0.25, 0.3) is 0 Å². The lowest BCUT2D eigenvalue weighted by molar-refractivity contribution is 0.0782. The van der Waals surface area contributed by atoms with Crippen molar-refractivity contribution in [1.82, 2.24) is 4.90 Å². The van der Waals surface area contributed by atoms with Crippen LogP contribution in [-0.4, -0.2) is 30.4 Å². The Bertz CT molecular complexity index is 665. The highest BCUT2D eigenvalue weighted by molar-refractivity contribution is 5.94. The zero-order valence-electron chi connectivity index (χ0n) is 12.7. The molecule has 2 aromatic rings. The summed E-state index contributed by atoms with van der Waals surface area (Å²) >= 11 is 0. The van der Waals surface area contributed by atoms with Gasteiger partial charge < -0.3 is 10.6 Å². The molecule has 1 aliphatic heterocycles. The third-order valence-corrected chi connectivity index (χ3v) is 4.36. The van der Waals surface area contributed by atoms with E-state index in [9.17, 15) is 9.18 Å². The van der Waals surface area contributed by atoms with Gasteiger partial charge in [-0.25, -0.2) is 4.39 Å². The summed E-state index contributed by atoms with van der Waals surface area (Å²) in [4.78, 5) is 14.3. The zero-order chi connectivity index (χ0) is 15.5. The van der Waals surface area contributed by atoms with Crippen LogP contribution in [0.3, 0.4) is 0 Å². The van der Waals surface area contributed by atoms with Gasteiger partial charge in [0.2, 0.25) is 0 Å². The Morgan fingerprint density at radius 3 is 2.39 bits per heavy atom. The minimum absolute atomic E-state index is 0. The van der Waals surface area contributed by atoms with E-state index in [2.05, 4.69) is 12.1 Å². The largest absolute Gasteiger partial charge is 0.338 e. The molecule has 1 amide bonds. The third-order valence-electron chi connectivity index (χ3n) is 4.36. The van der Waals surface area contributed by atoms with Crippen molar-refractivity contribution < 1.29 is 9.18 Å². The number of benzene rings is 2. The number of nitrogens with two attached hydrogens (primary N) is 1. The second kappa shape index (κ2) is 7.57. The fourth-order valence-corrected chi connectivity index (χ4v) is 3.16. The molecule has 2 aromatic carbocycles. The van der Waals surface area contributed by atoms with E-state index >= 15 is 0 Å². The summed E-state index contributed by atoms with van der Waals surface area (Å²) in [5, 5.41) is 0. The highest BCUT2D eigenvalue weighted by Crippen LogP contribution is 2.32. The molecule has 3 nitrogen and oxygen atoms in total. The number of hydrogen-bond acceptors (Lipinski definition) is 2. The summed E-state index contributed by atoms with van der Waals surface area (Å²) in [7, 11) is 0. The van der Waals surface area contributed by atoms with E-state index in [1.807, 2.05) is 18.2 Å². The second-order valence-corrected chi connectivity index (χ2v) is 5.70. The quantitative estimate of drug-likeness (QED) is 0.937. The van der Waals surface area contributed by atoms with Crippen LogP contribution in [0.4, 0.5) is 4.39 Å². The van der Waals surface area contributed by atoms with Crippen molar-refractivity contribution in [2.75, 3.05) is 19.6 Å². The summed E-state index contributed by atoms with van der Waals surface area (Å²) in [5.41, 5.74) is 7.19. The third kappa shape index (κ3) is 3.54. The first-order valence-corrected chi connectivity index (χ1v) is 7.49. The normalized spacial score (nSPS) is 20.2. The Morgan fingerprint density at radius 2 is 1.74 bits per heavy atom. The van der Waals surface area contributed by atoms with Gasteiger partial charge in [-0.3, -0.25) is 4.79 Å². The maximum atomic E-state index is 13.8. The summed E-state index contributed by atoms with van der Waals surface area (Å²) < 4.78 is 13.8. The van der Waals surface area contributed by atoms with Crippen LogP contribution in [0.1, 0.15) is 21.8 Å². The fraction of sp³-hybridized carbons (Fsp3) is 0.278. The zero-order valence-corrected chi connectivity index (χ0v) is 13.5. The number of likely N-dealkylation sites (tertiary alicyclic amines) is 1. The molecule has 1 saturated heterocycles. The standard InChI is InChI=1S/C18H19FN2O.ClH/c19-17-9-5-4-8-15(17)18(22)21-11-14(10-20)16(12-21)13-6-2-1-3-7-13;/h1-9,14,16H,10-12,20H2;1H/t14-,16+;/m1./s1. The first kappa shape index (κ1) is 17.4. The maximum Gasteiger partial charge on any atom is 0.256 e. The van der Waals surface area contributed by atoms with Crippen LogP contribution < -0.4 is 5.73 Å². The molecule has 0 spiro atoms. The number of nitrogens with zero attached hydrogens (tertiary/aromatic N) is 1. The first-order valence-electron chi connectivity index (χ1n) is 7.49. The highest BCUT2D eigenvalue weighted by atomic mass is 35.5. The molecule has 5 heteroatoms. The van der Waals surface area contributed by atoms with Crippen molar-refractivity contribution in [2.45, 2.75) is 5.92 Å². The Kier molecular flexibility index (Phi) is 5.74. The summed E-state index contributed by atoms with van der Waals surface area (Å²) in [6, 6.07) is 16.2. The molecule has 23 heavy (non-hydrogen) atoms. The predicted molar refractivity (Wildman–Crippen MR) is 91.3 cm³/mol. The van der Waals surface area contributed by atoms with Crippen LogP contribution in [0.2, 0.25) is 0 Å². The lowest BCUT2D eigenvalue weighted by atomic mass is 9.89. The SMILES string of the molecule is Cl.NC[C@@H]1CN(C(=O)c2ccccc2F)C[C@H]1c1ccccc1. The van der Waals surface area contributed by atoms with Gasteiger partial charge in [0.1, 0.15) is 5.82 Å². The Balaban J connectivity index is 0.00000192. The average Bonchev–Trinajstić information content (AvgIpc) is 3.00. The molecule has 2 atom stereocenters. The topological polar surface area (TPSA) is 46.3 Å². The van der Waals surface area contributed by atoms with Gasteiger partial charge in [0, 0.05) is 19.0 Å². The van der Waals surface area contributed by atoms with Crippen molar-refractivity contribution in [3.8, 4) is 0 Å². The monoisotopic (exact) mass is 334 g/mol. The molecular formula is C18H20ClFN2O. The number of rotatable bonds is 3. The summed E-state index contributed by atoms with van der Waals surface area (Å²) in [5.74, 6) is -0.310. The van der Waals surface area contributed by atoms with Gasteiger partial charge in [-0.1, -0.05) is 42.5 Å². The molecule has 0 bridgehead atoms. The van der Waals surface area contributed by atoms with Gasteiger partial charge in [0.05, 0.1) is 5.56 Å². The molecular weight excluding hydrogens is 315 g/mol. The van der Waals surface area contributed by atoms with E-state index in [1.165, 1.54) is 17.7 Å². The molecule has 2 N–H and O–H groups in total. The maximum absolute atomic E-state index is 13.8. The fourth-order valence-electron chi connectivity index (χ4n) is 3.16. The molecule has 0 saturated carbocycles. The van der Waals surface area contributed by atoms with Crippen molar-refractivity contribution in [1.29, 1.82) is 0 Å². The Hall–Kier alpha value is -1.91. The van der Waals surface area contributed by atoms with Crippen LogP contribution in [-0.2, 0) is 0 Å². The first-order chi connectivity index (χ1) is 10.7. The molecule has 0 aromatic heterocycles. The van der Waals surface area contributed by atoms with Gasteiger partial charge in [-0.05, 0) is 30.2 Å². The van der Waals surface area contributed by atoms with E-state index in [0.29, 0.717) is 19.6 Å². The van der Waals surface area contributed by atoms with Gasteiger partial charge in [0.15, 0.2) is 0 Å². The van der Waals surface area contributed by atoms with Gasteiger partial charge >= 0.3 is 0 Å². The van der Waals surface area contributed by atoms with Crippen LogP contribution in [0, 0.1) is 11.7 Å². The van der Waals surface area contributed by atoms with Crippen molar-refractivity contribution in [3.63, 3.8) is 0 Å². The minimum atomic E-state index is -0.472. The van der Waals surface area contributed by atoms with E-state index in [0.717, 1.165) is 0 Å². The van der Waals surface area contributed by atoms with Crippen LogP contribution in [0.15, 0.2) is 54.6 Å². The lowest BCUT2D eigenvalue weighted by Crippen LogP contribution is -2.30. The minimum Gasteiger partial charge on any atom is -0.338 e. The number of hydrogen-bond donors (Lipinski definition) is 1. The van der Waals surface area contributed by atoms with E-state index in [4.69, 9.17) is 5.73 Å². The second-order valence-electron chi connectivity index (χ2n) is 5.70. The number of amides is 1. The summed E-state index contributed by atoms with van der Waals surface area (Å²) in [6.45, 7) is 1.67. The average molecular weight is 335 g/mol. The molecule has 1 fully saturated rings. The van der Waals surface area contributed by atoms with Gasteiger partial charge in [-0.15, -0.1) is 12.4 Å². The number of halogens is 2. The van der Waals surface area contributed by atoms with Gasteiger partial charge in [0.25, 0.3) is 5.91 Å². The number of carbonyl (C=O) groups is 1. The van der Waals surface area contributed by atoms with Crippen molar-refractivity contribution in [3.05, 3.63) is 71.5 Å². The van der Waals surface area contributed by atoms with E-state index in [1.54, 1.807) is 17.0 Å². The molecule has 3 rings (SSSR count). The Morgan fingerprint density at radius 1 is 1.09 bits per heavy atom.